The highest BCUT2D eigenvalue weighted by molar-refractivity contribution is 6.86. The maximum atomic E-state index is 10.7. The first-order chi connectivity index (χ1) is 20.9. The smallest absolute Gasteiger partial charge is 0.507 e. The Morgan fingerprint density at radius 2 is 0.767 bits per heavy atom. The fourth-order valence-corrected chi connectivity index (χ4v) is 6.61. The number of phenolic OH excluding ortho intramolecular Hbond substituents is 3. The molecular formula is C33H38N6O3Si. The molecule has 0 saturated carbocycles. The molecule has 43 heavy (non-hydrogen) atoms. The molecule has 3 N–H and O–H groups in total. The summed E-state index contributed by atoms with van der Waals surface area (Å²) in [6, 6.07) is 26.2. The van der Waals surface area contributed by atoms with Crippen molar-refractivity contribution >= 4 is 13.7 Å². The van der Waals surface area contributed by atoms with E-state index in [0.717, 1.165) is 21.9 Å². The van der Waals surface area contributed by atoms with Crippen molar-refractivity contribution in [1.82, 2.24) is 0 Å². The van der Waals surface area contributed by atoms with E-state index >= 15 is 0 Å². The van der Waals surface area contributed by atoms with E-state index in [1.54, 1.807) is 0 Å². The Morgan fingerprint density at radius 3 is 1.09 bits per heavy atom. The van der Waals surface area contributed by atoms with Gasteiger partial charge in [0.2, 0.25) is 0 Å². The van der Waals surface area contributed by atoms with Crippen LogP contribution in [0.2, 0.25) is 0 Å². The summed E-state index contributed by atoms with van der Waals surface area (Å²) in [5.74, 6) is 0.616. The molecule has 0 aromatic heterocycles. The molecule has 0 bridgehead atoms. The molecule has 0 aliphatic carbocycles. The number of aryl methyl sites for hydroxylation is 3. The molecule has 0 radical (unpaired) electrons. The summed E-state index contributed by atoms with van der Waals surface area (Å²) in [5.41, 5.74) is 4.45. The molecule has 0 aliphatic rings. The van der Waals surface area contributed by atoms with Gasteiger partial charge in [0, 0.05) is 21.9 Å². The zero-order chi connectivity index (χ0) is 30.7. The molecule has 222 valence electrons. The average molecular weight is 595 g/mol. The van der Waals surface area contributed by atoms with Crippen LogP contribution in [0, 0.1) is 0 Å². The number of phenols is 3. The predicted octanol–water partition coefficient (Wildman–Crippen LogP) is 7.59. The quantitative estimate of drug-likeness (QED) is 0.109. The van der Waals surface area contributed by atoms with E-state index in [-0.39, 0.29) is 36.9 Å². The van der Waals surface area contributed by atoms with Gasteiger partial charge in [0.25, 0.3) is 0 Å². The van der Waals surface area contributed by atoms with Crippen molar-refractivity contribution in [3.63, 3.8) is 0 Å². The number of nitrogens with zero attached hydrogens (tertiary/aromatic N) is 6. The Hall–Kier alpha value is -4.70. The van der Waals surface area contributed by atoms with Gasteiger partial charge in [-0.05, 0) is 36.0 Å². The van der Waals surface area contributed by atoms with Gasteiger partial charge in [-0.3, -0.25) is 0 Å². The van der Waals surface area contributed by atoms with Crippen molar-refractivity contribution in [1.29, 1.82) is 0 Å². The Bertz CT molecular complexity index is 1450. The van der Waals surface area contributed by atoms with Crippen LogP contribution in [-0.4, -0.2) is 23.9 Å². The van der Waals surface area contributed by atoms with Crippen LogP contribution in [0.5, 0.6) is 17.2 Å². The first-order valence-electron chi connectivity index (χ1n) is 14.5. The van der Waals surface area contributed by atoms with Crippen LogP contribution >= 0.6 is 0 Å². The predicted molar refractivity (Wildman–Crippen MR) is 170 cm³/mol. The van der Waals surface area contributed by atoms with Crippen LogP contribution in [0.1, 0.15) is 54.2 Å². The summed E-state index contributed by atoms with van der Waals surface area (Å²) in [6.07, 6.45) is 2.08. The number of hydrogen-bond acceptors (Lipinski definition) is 9. The van der Waals surface area contributed by atoms with Gasteiger partial charge in [0.05, 0.1) is 19.6 Å². The van der Waals surface area contributed by atoms with Gasteiger partial charge in [-0.25, -0.2) is 0 Å². The highest BCUT2D eigenvalue weighted by atomic mass is 28.4. The molecule has 0 spiro atoms. The third-order valence-electron chi connectivity index (χ3n) is 7.27. The van der Waals surface area contributed by atoms with Crippen molar-refractivity contribution in [3.05, 3.63) is 118 Å². The standard InChI is InChI=1S/C33H38N6O3Si/c1-4-24-13-10-16-27(31(24)40)21-34-37-43(30-19-8-7-9-20-30,38-35-22-28-17-11-14-25(5-2)32(28)41)39-36-23-29-18-12-15-26(6-3)33(29)42/h7-20,40-42H,4-6,21-23H2,1-3H3. The molecular weight excluding hydrogens is 556 g/mol. The Kier molecular flexibility index (Phi) is 10.9. The molecule has 10 heteroatoms. The average Bonchev–Trinajstić information content (AvgIpc) is 3.03. The zero-order valence-corrected chi connectivity index (χ0v) is 25.9. The van der Waals surface area contributed by atoms with E-state index in [1.807, 2.05) is 106 Å². The second-order valence-electron chi connectivity index (χ2n) is 10.0. The second-order valence-corrected chi connectivity index (χ2v) is 12.5. The Morgan fingerprint density at radius 1 is 0.442 bits per heavy atom. The molecule has 9 nitrogen and oxygen atoms in total. The zero-order valence-electron chi connectivity index (χ0n) is 24.9. The molecule has 4 rings (SSSR count). The minimum Gasteiger partial charge on any atom is -0.507 e. The summed E-state index contributed by atoms with van der Waals surface area (Å²) < 4.78 is 14.1. The maximum absolute atomic E-state index is 10.7. The van der Waals surface area contributed by atoms with E-state index in [4.69, 9.17) is 14.3 Å². The van der Waals surface area contributed by atoms with E-state index in [0.29, 0.717) is 36.0 Å². The summed E-state index contributed by atoms with van der Waals surface area (Å²) >= 11 is 0. The minimum atomic E-state index is -3.62. The van der Waals surface area contributed by atoms with Crippen LogP contribution in [0.15, 0.2) is 115 Å². The largest absolute Gasteiger partial charge is 0.524 e. The van der Waals surface area contributed by atoms with Gasteiger partial charge in [0.15, 0.2) is 0 Å². The van der Waals surface area contributed by atoms with E-state index in [2.05, 4.69) is 15.3 Å². The van der Waals surface area contributed by atoms with Crippen LogP contribution in [-0.2, 0) is 38.9 Å². The van der Waals surface area contributed by atoms with Crippen molar-refractivity contribution < 1.29 is 15.3 Å². The number of aromatic hydroxyl groups is 3. The molecule has 4 aromatic rings. The summed E-state index contributed by atoms with van der Waals surface area (Å²) in [5, 5.41) is 46.2. The first-order valence-corrected chi connectivity index (χ1v) is 16.4. The van der Waals surface area contributed by atoms with Gasteiger partial charge in [0.1, 0.15) is 17.2 Å². The third kappa shape index (κ3) is 7.58. The second kappa shape index (κ2) is 15.0. The molecule has 0 amide bonds. The number of benzene rings is 4. The van der Waals surface area contributed by atoms with Gasteiger partial charge >= 0.3 is 8.56 Å². The van der Waals surface area contributed by atoms with Crippen LogP contribution < -0.4 is 5.19 Å². The monoisotopic (exact) mass is 594 g/mol. The molecule has 0 atom stereocenters. The number of para-hydroxylation sites is 3. The van der Waals surface area contributed by atoms with E-state index < -0.39 is 8.56 Å². The molecule has 0 saturated heterocycles. The number of rotatable bonds is 13. The lowest BCUT2D eigenvalue weighted by Gasteiger charge is -2.15. The van der Waals surface area contributed by atoms with E-state index in [1.165, 1.54) is 0 Å². The Labute approximate surface area is 253 Å². The van der Waals surface area contributed by atoms with Crippen molar-refractivity contribution in [3.8, 4) is 17.2 Å². The summed E-state index contributed by atoms with van der Waals surface area (Å²) in [6.45, 7) is 6.34. The maximum Gasteiger partial charge on any atom is 0.524 e. The SMILES string of the molecule is CCc1cccc(CN=N[Si](N=NCc2cccc(CC)c2O)(N=NCc2cccc(CC)c2O)c2ccccc2)c1O. The van der Waals surface area contributed by atoms with Gasteiger partial charge in [-0.15, -0.1) is 0 Å². The van der Waals surface area contributed by atoms with Crippen molar-refractivity contribution in [2.45, 2.75) is 59.7 Å². The molecule has 4 aromatic carbocycles. The van der Waals surface area contributed by atoms with Gasteiger partial charge < -0.3 is 15.3 Å². The first kappa shape index (κ1) is 31.2. The van der Waals surface area contributed by atoms with Gasteiger partial charge in [-0.2, -0.15) is 29.7 Å². The normalized spacial score (nSPS) is 13.3. The molecule has 0 heterocycles. The molecule has 0 fully saturated rings. The highest BCUT2D eigenvalue weighted by Crippen LogP contribution is 2.27. The van der Waals surface area contributed by atoms with Crippen LogP contribution in [0.3, 0.4) is 0 Å². The highest BCUT2D eigenvalue weighted by Gasteiger charge is 2.40. The summed E-state index contributed by atoms with van der Waals surface area (Å²) in [4.78, 5) is 0. The fourth-order valence-electron chi connectivity index (χ4n) is 4.70. The summed E-state index contributed by atoms with van der Waals surface area (Å²) in [7, 11) is -3.62. The van der Waals surface area contributed by atoms with Crippen LogP contribution in [0.4, 0.5) is 0 Å². The minimum absolute atomic E-state index is 0.130. The third-order valence-corrected chi connectivity index (χ3v) is 9.64. The lowest BCUT2D eigenvalue weighted by Crippen LogP contribution is -2.42. The molecule has 0 aliphatic heterocycles. The van der Waals surface area contributed by atoms with Crippen molar-refractivity contribution in [2.24, 2.45) is 29.7 Å². The Balaban J connectivity index is 1.75. The number of hydrogen-bond donors (Lipinski definition) is 3. The van der Waals surface area contributed by atoms with E-state index in [9.17, 15) is 15.3 Å². The van der Waals surface area contributed by atoms with Crippen molar-refractivity contribution in [2.75, 3.05) is 0 Å². The fraction of sp³-hybridized carbons (Fsp3) is 0.273. The van der Waals surface area contributed by atoms with Gasteiger partial charge in [-0.1, -0.05) is 106 Å². The lowest BCUT2D eigenvalue weighted by atomic mass is 10.1. The topological polar surface area (TPSA) is 135 Å². The lowest BCUT2D eigenvalue weighted by molar-refractivity contribution is 0.461. The van der Waals surface area contributed by atoms with Crippen LogP contribution in [0.25, 0.3) is 0 Å². The molecule has 0 unspecified atom stereocenters.